The molecule has 2 aromatic carbocycles. The fraction of sp³-hybridized carbons (Fsp3) is 0.118. The maximum absolute atomic E-state index is 11.2. The lowest BCUT2D eigenvalue weighted by atomic mass is 10.2. The lowest BCUT2D eigenvalue weighted by molar-refractivity contribution is -0.138. The molecular weight excluding hydrogens is 365 g/mol. The Balaban J connectivity index is 1.88. The molecule has 0 aliphatic heterocycles. The Kier molecular flexibility index (Phi) is 6.80. The Bertz CT molecular complexity index is 792. The smallest absolute Gasteiger partial charge is 0.329 e. The van der Waals surface area contributed by atoms with E-state index in [1.165, 1.54) is 13.3 Å². The summed E-state index contributed by atoms with van der Waals surface area (Å²) in [6, 6.07) is 12.4. The molecule has 0 saturated heterocycles. The largest absolute Gasteiger partial charge is 0.489 e. The Labute approximate surface area is 154 Å². The number of carbonyl (C=O) groups excluding carboxylic acids is 2. The van der Waals surface area contributed by atoms with Gasteiger partial charge in [-0.3, -0.25) is 9.59 Å². The zero-order valence-electron chi connectivity index (χ0n) is 13.3. The van der Waals surface area contributed by atoms with Crippen LogP contribution < -0.4 is 15.5 Å². The zero-order chi connectivity index (χ0) is 18.2. The minimum Gasteiger partial charge on any atom is -0.489 e. The number of benzene rings is 2. The van der Waals surface area contributed by atoms with Crippen LogP contribution in [0.2, 0.25) is 10.0 Å². The van der Waals surface area contributed by atoms with Crippen molar-refractivity contribution in [1.82, 2.24) is 10.7 Å². The molecule has 0 heterocycles. The molecule has 2 aromatic rings. The molecule has 130 valence electrons. The van der Waals surface area contributed by atoms with E-state index in [2.05, 4.69) is 15.8 Å². The zero-order valence-corrected chi connectivity index (χ0v) is 14.8. The summed E-state index contributed by atoms with van der Waals surface area (Å²) in [7, 11) is 1.36. The standard InChI is InChI=1S/C17H15Cl2N3O3/c1-20-16(23)17(24)22-21-9-11-2-5-13(6-3-11)25-10-12-4-7-14(18)15(19)8-12/h2-9H,10H2,1H3,(H,20,23)(H,22,24)/b21-9+. The Morgan fingerprint density at radius 1 is 1.08 bits per heavy atom. The second kappa shape index (κ2) is 9.05. The lowest BCUT2D eigenvalue weighted by Gasteiger charge is -2.07. The molecule has 0 saturated carbocycles. The van der Waals surface area contributed by atoms with E-state index in [-0.39, 0.29) is 0 Å². The van der Waals surface area contributed by atoms with E-state index in [0.29, 0.717) is 22.4 Å². The minimum absolute atomic E-state index is 0.354. The van der Waals surface area contributed by atoms with Gasteiger partial charge in [-0.25, -0.2) is 5.43 Å². The molecule has 0 bridgehead atoms. The van der Waals surface area contributed by atoms with Gasteiger partial charge in [0.1, 0.15) is 12.4 Å². The lowest BCUT2D eigenvalue weighted by Crippen LogP contribution is -2.35. The number of rotatable bonds is 5. The molecule has 2 amide bonds. The highest BCUT2D eigenvalue weighted by Crippen LogP contribution is 2.23. The van der Waals surface area contributed by atoms with Gasteiger partial charge < -0.3 is 10.1 Å². The van der Waals surface area contributed by atoms with E-state index >= 15 is 0 Å². The van der Waals surface area contributed by atoms with E-state index in [4.69, 9.17) is 27.9 Å². The highest BCUT2D eigenvalue weighted by molar-refractivity contribution is 6.42. The number of nitrogens with zero attached hydrogens (tertiary/aromatic N) is 1. The van der Waals surface area contributed by atoms with Crippen LogP contribution in [0.1, 0.15) is 11.1 Å². The SMILES string of the molecule is CNC(=O)C(=O)N/N=C/c1ccc(OCc2ccc(Cl)c(Cl)c2)cc1. The van der Waals surface area contributed by atoms with Crippen LogP contribution in [0.25, 0.3) is 0 Å². The second-order valence-corrected chi connectivity index (χ2v) is 5.70. The first kappa shape index (κ1) is 18.8. The molecule has 0 unspecified atom stereocenters. The van der Waals surface area contributed by atoms with Gasteiger partial charge in [0.25, 0.3) is 0 Å². The second-order valence-electron chi connectivity index (χ2n) is 4.88. The normalized spacial score (nSPS) is 10.5. The molecule has 25 heavy (non-hydrogen) atoms. The number of nitrogens with one attached hydrogen (secondary N) is 2. The van der Waals surface area contributed by atoms with Gasteiger partial charge in [0.2, 0.25) is 0 Å². The van der Waals surface area contributed by atoms with Gasteiger partial charge in [0.15, 0.2) is 0 Å². The van der Waals surface area contributed by atoms with Crippen molar-refractivity contribution in [2.24, 2.45) is 5.10 Å². The molecule has 0 spiro atoms. The van der Waals surface area contributed by atoms with Crippen LogP contribution in [0.3, 0.4) is 0 Å². The topological polar surface area (TPSA) is 79.8 Å². The molecule has 2 rings (SSSR count). The van der Waals surface area contributed by atoms with Crippen molar-refractivity contribution in [3.05, 3.63) is 63.6 Å². The van der Waals surface area contributed by atoms with Crippen molar-refractivity contribution < 1.29 is 14.3 Å². The summed E-state index contributed by atoms with van der Waals surface area (Å²) < 4.78 is 5.66. The fourth-order valence-corrected chi connectivity index (χ4v) is 2.10. The molecule has 0 aliphatic rings. The van der Waals surface area contributed by atoms with E-state index in [1.54, 1.807) is 36.4 Å². The number of amides is 2. The summed E-state index contributed by atoms with van der Waals surface area (Å²) in [4.78, 5) is 22.2. The summed E-state index contributed by atoms with van der Waals surface area (Å²) in [6.45, 7) is 0.354. The Morgan fingerprint density at radius 2 is 1.80 bits per heavy atom. The summed E-state index contributed by atoms with van der Waals surface area (Å²) >= 11 is 11.8. The number of halogens is 2. The van der Waals surface area contributed by atoms with E-state index < -0.39 is 11.8 Å². The predicted octanol–water partition coefficient (Wildman–Crippen LogP) is 2.77. The molecule has 0 atom stereocenters. The third-order valence-corrected chi connectivity index (χ3v) is 3.82. The highest BCUT2D eigenvalue weighted by Gasteiger charge is 2.08. The van der Waals surface area contributed by atoms with E-state index in [0.717, 1.165) is 11.1 Å². The number of likely N-dealkylation sites (N-methyl/N-ethyl adjacent to an activating group) is 1. The summed E-state index contributed by atoms with van der Waals surface area (Å²) in [5, 5.41) is 6.87. The van der Waals surface area contributed by atoms with Gasteiger partial charge in [0.05, 0.1) is 16.3 Å². The van der Waals surface area contributed by atoms with Crippen LogP contribution in [-0.2, 0) is 16.2 Å². The molecule has 6 nitrogen and oxygen atoms in total. The summed E-state index contributed by atoms with van der Waals surface area (Å²) in [5.41, 5.74) is 3.75. The van der Waals surface area contributed by atoms with Crippen molar-refractivity contribution in [2.75, 3.05) is 7.05 Å². The monoisotopic (exact) mass is 379 g/mol. The van der Waals surface area contributed by atoms with Crippen molar-refractivity contribution in [3.8, 4) is 5.75 Å². The van der Waals surface area contributed by atoms with Crippen LogP contribution in [0.5, 0.6) is 5.75 Å². The third-order valence-electron chi connectivity index (χ3n) is 3.08. The quantitative estimate of drug-likeness (QED) is 0.476. The van der Waals surface area contributed by atoms with Crippen molar-refractivity contribution in [1.29, 1.82) is 0 Å². The van der Waals surface area contributed by atoms with Crippen LogP contribution in [-0.4, -0.2) is 25.1 Å². The number of hydrazone groups is 1. The first-order chi connectivity index (χ1) is 12.0. The van der Waals surface area contributed by atoms with Crippen molar-refractivity contribution in [3.63, 3.8) is 0 Å². The van der Waals surface area contributed by atoms with Crippen molar-refractivity contribution >= 4 is 41.2 Å². The predicted molar refractivity (Wildman–Crippen MR) is 97.0 cm³/mol. The molecule has 0 aliphatic carbocycles. The first-order valence-electron chi connectivity index (χ1n) is 7.21. The van der Waals surface area contributed by atoms with Gasteiger partial charge in [-0.2, -0.15) is 5.10 Å². The first-order valence-corrected chi connectivity index (χ1v) is 7.97. The number of carbonyl (C=O) groups is 2. The van der Waals surface area contributed by atoms with E-state index in [9.17, 15) is 9.59 Å². The average Bonchev–Trinajstić information content (AvgIpc) is 2.63. The fourth-order valence-electron chi connectivity index (χ4n) is 1.78. The van der Waals surface area contributed by atoms with Crippen LogP contribution in [0.15, 0.2) is 47.6 Å². The molecule has 8 heteroatoms. The minimum atomic E-state index is -0.833. The van der Waals surface area contributed by atoms with Crippen LogP contribution >= 0.6 is 23.2 Å². The number of ether oxygens (including phenoxy) is 1. The maximum Gasteiger partial charge on any atom is 0.329 e. The van der Waals surface area contributed by atoms with Gasteiger partial charge in [0, 0.05) is 7.05 Å². The highest BCUT2D eigenvalue weighted by atomic mass is 35.5. The summed E-state index contributed by atoms with van der Waals surface area (Å²) in [5.74, 6) is -0.929. The summed E-state index contributed by atoms with van der Waals surface area (Å²) in [6.07, 6.45) is 1.42. The molecule has 0 radical (unpaired) electrons. The third kappa shape index (κ3) is 5.77. The Hall–Kier alpha value is -2.57. The van der Waals surface area contributed by atoms with Gasteiger partial charge in [-0.1, -0.05) is 29.3 Å². The molecule has 0 aromatic heterocycles. The molecular formula is C17H15Cl2N3O3. The van der Waals surface area contributed by atoms with Crippen LogP contribution in [0, 0.1) is 0 Å². The van der Waals surface area contributed by atoms with Crippen molar-refractivity contribution in [2.45, 2.75) is 6.61 Å². The van der Waals surface area contributed by atoms with Gasteiger partial charge in [-0.15, -0.1) is 0 Å². The Morgan fingerprint density at radius 3 is 2.44 bits per heavy atom. The van der Waals surface area contributed by atoms with Crippen LogP contribution in [0.4, 0.5) is 0 Å². The maximum atomic E-state index is 11.2. The van der Waals surface area contributed by atoms with E-state index in [1.807, 2.05) is 6.07 Å². The van der Waals surface area contributed by atoms with Gasteiger partial charge in [-0.05, 0) is 47.5 Å². The average molecular weight is 380 g/mol. The van der Waals surface area contributed by atoms with Gasteiger partial charge >= 0.3 is 11.8 Å². The number of hydrogen-bond donors (Lipinski definition) is 2. The molecule has 0 fully saturated rings. The molecule has 2 N–H and O–H groups in total. The number of hydrogen-bond acceptors (Lipinski definition) is 4.